The lowest BCUT2D eigenvalue weighted by Gasteiger charge is -2.44. The van der Waals surface area contributed by atoms with Gasteiger partial charge in [-0.1, -0.05) is 12.8 Å². The summed E-state index contributed by atoms with van der Waals surface area (Å²) in [4.78, 5) is 18.9. The van der Waals surface area contributed by atoms with Gasteiger partial charge in [-0.3, -0.25) is 4.79 Å². The third-order valence-corrected chi connectivity index (χ3v) is 4.66. The van der Waals surface area contributed by atoms with E-state index in [4.69, 9.17) is 5.84 Å². The summed E-state index contributed by atoms with van der Waals surface area (Å²) in [5, 5.41) is 0. The summed E-state index contributed by atoms with van der Waals surface area (Å²) in [6.07, 6.45) is 9.03. The number of fused-ring (bicyclic) bond motifs is 1. The molecule has 0 radical (unpaired) electrons. The summed E-state index contributed by atoms with van der Waals surface area (Å²) >= 11 is 0. The number of amides is 1. The van der Waals surface area contributed by atoms with Crippen LogP contribution < -0.4 is 11.3 Å². The van der Waals surface area contributed by atoms with Gasteiger partial charge in [-0.05, 0) is 43.7 Å². The van der Waals surface area contributed by atoms with Gasteiger partial charge >= 0.3 is 0 Å². The number of hydrogen-bond donors (Lipinski definition) is 2. The van der Waals surface area contributed by atoms with Crippen LogP contribution in [0.2, 0.25) is 0 Å². The number of carbonyl (C=O) groups is 1. The topological polar surface area (TPSA) is 71.2 Å². The molecule has 1 saturated carbocycles. The molecule has 5 nitrogen and oxygen atoms in total. The Morgan fingerprint density at radius 2 is 2.10 bits per heavy atom. The Balaban J connectivity index is 1.81. The number of nitrogens with two attached hydrogens (primary N) is 1. The normalized spacial score (nSPS) is 25.9. The van der Waals surface area contributed by atoms with Crippen LogP contribution in [0.5, 0.6) is 0 Å². The average Bonchev–Trinajstić information content (AvgIpc) is 2.53. The lowest BCUT2D eigenvalue weighted by Crippen LogP contribution is -2.49. The fourth-order valence-electron chi connectivity index (χ4n) is 3.69. The van der Waals surface area contributed by atoms with Crippen molar-refractivity contribution in [3.05, 3.63) is 23.9 Å². The van der Waals surface area contributed by atoms with Crippen molar-refractivity contribution < 1.29 is 4.79 Å². The summed E-state index contributed by atoms with van der Waals surface area (Å²) in [7, 11) is 0. The van der Waals surface area contributed by atoms with Crippen LogP contribution >= 0.6 is 0 Å². The number of piperidine rings is 1. The summed E-state index contributed by atoms with van der Waals surface area (Å²) in [5.74, 6) is 6.73. The molecule has 1 aromatic rings. The largest absolute Gasteiger partial charge is 0.335 e. The number of aromatic nitrogens is 1. The summed E-state index contributed by atoms with van der Waals surface area (Å²) in [6.45, 7) is 0.883. The highest BCUT2D eigenvalue weighted by Gasteiger charge is 2.35. The molecular weight excluding hydrogens is 252 g/mol. The number of rotatable bonds is 2. The van der Waals surface area contributed by atoms with E-state index in [2.05, 4.69) is 15.3 Å². The van der Waals surface area contributed by atoms with Gasteiger partial charge in [0.15, 0.2) is 0 Å². The Labute approximate surface area is 119 Å². The lowest BCUT2D eigenvalue weighted by molar-refractivity contribution is 0.0390. The van der Waals surface area contributed by atoms with Crippen LogP contribution in [0.3, 0.4) is 0 Å². The molecule has 0 bridgehead atoms. The first-order valence-electron chi connectivity index (χ1n) is 7.53. The maximum Gasteiger partial charge on any atom is 0.254 e. The van der Waals surface area contributed by atoms with Gasteiger partial charge in [0.2, 0.25) is 0 Å². The molecular formula is C15H22N4O. The maximum absolute atomic E-state index is 12.8. The van der Waals surface area contributed by atoms with E-state index < -0.39 is 0 Å². The van der Waals surface area contributed by atoms with Crippen molar-refractivity contribution in [2.45, 2.75) is 44.6 Å². The fourth-order valence-corrected chi connectivity index (χ4v) is 3.69. The van der Waals surface area contributed by atoms with Crippen LogP contribution in [0.15, 0.2) is 18.3 Å². The van der Waals surface area contributed by atoms with E-state index in [1.165, 1.54) is 25.7 Å². The van der Waals surface area contributed by atoms with E-state index in [-0.39, 0.29) is 5.91 Å². The fraction of sp³-hybridized carbons (Fsp3) is 0.600. The number of carbonyl (C=O) groups excluding carboxylic acids is 1. The number of hydrazine groups is 1. The number of hydrogen-bond acceptors (Lipinski definition) is 4. The second-order valence-electron chi connectivity index (χ2n) is 5.83. The predicted octanol–water partition coefficient (Wildman–Crippen LogP) is 2.16. The SMILES string of the molecule is NNc1cc(C(=O)N2CCCC3CCCCC32)ccn1. The van der Waals surface area contributed by atoms with Gasteiger partial charge in [0.05, 0.1) is 0 Å². The minimum Gasteiger partial charge on any atom is -0.335 e. The molecule has 0 aromatic carbocycles. The third-order valence-electron chi connectivity index (χ3n) is 4.66. The van der Waals surface area contributed by atoms with E-state index in [1.807, 2.05) is 0 Å². The van der Waals surface area contributed by atoms with Gasteiger partial charge in [-0.2, -0.15) is 0 Å². The molecule has 3 N–H and O–H groups in total. The smallest absolute Gasteiger partial charge is 0.254 e. The second-order valence-corrected chi connectivity index (χ2v) is 5.83. The van der Waals surface area contributed by atoms with Crippen molar-refractivity contribution in [2.75, 3.05) is 12.0 Å². The Hall–Kier alpha value is -1.62. The van der Waals surface area contributed by atoms with Gasteiger partial charge in [0.1, 0.15) is 5.82 Å². The summed E-state index contributed by atoms with van der Waals surface area (Å²) in [6, 6.07) is 3.94. The highest BCUT2D eigenvalue weighted by atomic mass is 16.2. The number of anilines is 1. The minimum atomic E-state index is 0.125. The maximum atomic E-state index is 12.8. The molecule has 1 aromatic heterocycles. The van der Waals surface area contributed by atoms with E-state index in [1.54, 1.807) is 18.3 Å². The first-order valence-corrected chi connectivity index (χ1v) is 7.53. The molecule has 1 amide bonds. The van der Waals surface area contributed by atoms with Crippen molar-refractivity contribution in [1.29, 1.82) is 0 Å². The van der Waals surface area contributed by atoms with Crippen LogP contribution in [0, 0.1) is 5.92 Å². The summed E-state index contributed by atoms with van der Waals surface area (Å²) in [5.41, 5.74) is 3.18. The monoisotopic (exact) mass is 274 g/mol. The highest BCUT2D eigenvalue weighted by molar-refractivity contribution is 5.95. The van der Waals surface area contributed by atoms with Crippen LogP contribution in [-0.2, 0) is 0 Å². The molecule has 2 heterocycles. The number of pyridine rings is 1. The van der Waals surface area contributed by atoms with Crippen molar-refractivity contribution in [3.63, 3.8) is 0 Å². The molecule has 2 unspecified atom stereocenters. The molecule has 2 atom stereocenters. The molecule has 2 aliphatic rings. The third kappa shape index (κ3) is 2.50. The molecule has 1 aliphatic heterocycles. The van der Waals surface area contributed by atoms with Crippen LogP contribution in [0.4, 0.5) is 5.82 Å². The van der Waals surface area contributed by atoms with E-state index in [0.717, 1.165) is 19.4 Å². The summed E-state index contributed by atoms with van der Waals surface area (Å²) < 4.78 is 0. The van der Waals surface area contributed by atoms with Gasteiger partial charge in [0.25, 0.3) is 5.91 Å². The van der Waals surface area contributed by atoms with Gasteiger partial charge in [-0.25, -0.2) is 10.8 Å². The number of nitrogens with one attached hydrogen (secondary N) is 1. The molecule has 1 saturated heterocycles. The highest BCUT2D eigenvalue weighted by Crippen LogP contribution is 2.35. The first-order chi connectivity index (χ1) is 9.79. The zero-order chi connectivity index (χ0) is 13.9. The average molecular weight is 274 g/mol. The molecule has 5 heteroatoms. The Kier molecular flexibility index (Phi) is 3.87. The van der Waals surface area contributed by atoms with Gasteiger partial charge in [0, 0.05) is 24.3 Å². The Morgan fingerprint density at radius 3 is 2.95 bits per heavy atom. The second kappa shape index (κ2) is 5.79. The molecule has 1 aliphatic carbocycles. The minimum absolute atomic E-state index is 0.125. The van der Waals surface area contributed by atoms with Crippen molar-refractivity contribution >= 4 is 11.7 Å². The molecule has 2 fully saturated rings. The lowest BCUT2D eigenvalue weighted by atomic mass is 9.78. The molecule has 3 rings (SSSR count). The van der Waals surface area contributed by atoms with E-state index in [0.29, 0.717) is 23.3 Å². The number of nitrogen functional groups attached to an aromatic ring is 1. The van der Waals surface area contributed by atoms with Crippen LogP contribution in [-0.4, -0.2) is 28.4 Å². The first kappa shape index (κ1) is 13.4. The Morgan fingerprint density at radius 1 is 1.30 bits per heavy atom. The zero-order valence-corrected chi connectivity index (χ0v) is 11.7. The van der Waals surface area contributed by atoms with Gasteiger partial charge in [-0.15, -0.1) is 0 Å². The predicted molar refractivity (Wildman–Crippen MR) is 78.1 cm³/mol. The van der Waals surface area contributed by atoms with Crippen LogP contribution in [0.1, 0.15) is 48.9 Å². The van der Waals surface area contributed by atoms with Crippen molar-refractivity contribution in [1.82, 2.24) is 9.88 Å². The molecule has 20 heavy (non-hydrogen) atoms. The quantitative estimate of drug-likeness (QED) is 0.640. The van der Waals surface area contributed by atoms with Crippen molar-refractivity contribution in [2.24, 2.45) is 11.8 Å². The number of nitrogens with zero attached hydrogens (tertiary/aromatic N) is 2. The van der Waals surface area contributed by atoms with Crippen LogP contribution in [0.25, 0.3) is 0 Å². The van der Waals surface area contributed by atoms with Gasteiger partial charge < -0.3 is 10.3 Å². The standard InChI is InChI=1S/C15H22N4O/c16-18-14-10-12(7-8-17-14)15(20)19-9-3-5-11-4-1-2-6-13(11)19/h7-8,10-11,13H,1-6,9,16H2,(H,17,18). The van der Waals surface area contributed by atoms with Crippen molar-refractivity contribution in [3.8, 4) is 0 Å². The number of likely N-dealkylation sites (tertiary alicyclic amines) is 1. The Bertz CT molecular complexity index is 489. The van der Waals surface area contributed by atoms with E-state index >= 15 is 0 Å². The van der Waals surface area contributed by atoms with E-state index in [9.17, 15) is 4.79 Å². The molecule has 0 spiro atoms. The molecule has 108 valence electrons. The zero-order valence-electron chi connectivity index (χ0n) is 11.7.